The third-order valence-corrected chi connectivity index (χ3v) is 5.23. The summed E-state index contributed by atoms with van der Waals surface area (Å²) >= 11 is 5.35. The van der Waals surface area contributed by atoms with Gasteiger partial charge in [-0.15, -0.1) is 11.3 Å². The van der Waals surface area contributed by atoms with Gasteiger partial charge in [0.2, 0.25) is 0 Å². The fourth-order valence-electron chi connectivity index (χ4n) is 2.26. The van der Waals surface area contributed by atoms with Crippen molar-refractivity contribution < 1.29 is 0 Å². The molecule has 1 N–H and O–H groups in total. The molecule has 1 atom stereocenters. The third kappa shape index (κ3) is 3.65. The largest absolute Gasteiger partial charge is 0.310 e. The zero-order valence-electron chi connectivity index (χ0n) is 11.5. The number of hydrogen-bond acceptors (Lipinski definition) is 3. The van der Waals surface area contributed by atoms with Crippen LogP contribution in [0.25, 0.3) is 0 Å². The van der Waals surface area contributed by atoms with E-state index in [9.17, 15) is 0 Å². The lowest BCUT2D eigenvalue weighted by molar-refractivity contribution is 0.548. The SMILES string of the molecule is CCNC(Cc1nccs1)c1cc(C)c(Br)c(C)c1. The van der Waals surface area contributed by atoms with Gasteiger partial charge in [-0.05, 0) is 37.1 Å². The number of hydrogen-bond donors (Lipinski definition) is 1. The third-order valence-electron chi connectivity index (χ3n) is 3.17. The van der Waals surface area contributed by atoms with Crippen LogP contribution in [0.4, 0.5) is 0 Å². The highest BCUT2D eigenvalue weighted by Crippen LogP contribution is 2.27. The number of nitrogens with zero attached hydrogens (tertiary/aromatic N) is 1. The second kappa shape index (κ2) is 6.64. The molecule has 2 rings (SSSR count). The van der Waals surface area contributed by atoms with Gasteiger partial charge in [0.25, 0.3) is 0 Å². The van der Waals surface area contributed by atoms with Crippen LogP contribution in [0.5, 0.6) is 0 Å². The van der Waals surface area contributed by atoms with Crippen molar-refractivity contribution in [2.45, 2.75) is 33.2 Å². The molecule has 4 heteroatoms. The normalized spacial score (nSPS) is 12.6. The van der Waals surface area contributed by atoms with E-state index in [-0.39, 0.29) is 0 Å². The molecule has 0 aliphatic heterocycles. The van der Waals surface area contributed by atoms with Crippen molar-refractivity contribution in [2.75, 3.05) is 6.54 Å². The Labute approximate surface area is 127 Å². The Morgan fingerprint density at radius 1 is 1.32 bits per heavy atom. The molecule has 1 aromatic heterocycles. The quantitative estimate of drug-likeness (QED) is 0.872. The first-order chi connectivity index (χ1) is 9.11. The van der Waals surface area contributed by atoms with Crippen molar-refractivity contribution in [2.24, 2.45) is 0 Å². The Morgan fingerprint density at radius 3 is 2.53 bits per heavy atom. The fraction of sp³-hybridized carbons (Fsp3) is 0.400. The zero-order valence-corrected chi connectivity index (χ0v) is 13.9. The van der Waals surface area contributed by atoms with Crippen molar-refractivity contribution in [1.82, 2.24) is 10.3 Å². The van der Waals surface area contributed by atoms with Crippen LogP contribution >= 0.6 is 27.3 Å². The summed E-state index contributed by atoms with van der Waals surface area (Å²) in [5.41, 5.74) is 3.92. The molecule has 1 aromatic carbocycles. The van der Waals surface area contributed by atoms with Crippen molar-refractivity contribution >= 4 is 27.3 Å². The van der Waals surface area contributed by atoms with Gasteiger partial charge in [-0.3, -0.25) is 0 Å². The molecule has 2 aromatic rings. The van der Waals surface area contributed by atoms with E-state index in [1.807, 2.05) is 11.6 Å². The number of nitrogens with one attached hydrogen (secondary N) is 1. The molecule has 0 saturated heterocycles. The molecule has 0 aliphatic rings. The summed E-state index contributed by atoms with van der Waals surface area (Å²) in [6, 6.07) is 4.86. The van der Waals surface area contributed by atoms with Gasteiger partial charge in [0.15, 0.2) is 0 Å². The average Bonchev–Trinajstić information content (AvgIpc) is 2.88. The van der Waals surface area contributed by atoms with Gasteiger partial charge in [0, 0.05) is 28.5 Å². The minimum absolute atomic E-state index is 0.335. The first kappa shape index (κ1) is 14.7. The lowest BCUT2D eigenvalue weighted by Crippen LogP contribution is -2.23. The standard InChI is InChI=1S/C15H19BrN2S/c1-4-17-13(9-14-18-5-6-19-14)12-7-10(2)15(16)11(3)8-12/h5-8,13,17H,4,9H2,1-3H3. The van der Waals surface area contributed by atoms with E-state index in [2.05, 4.69) is 59.1 Å². The van der Waals surface area contributed by atoms with Gasteiger partial charge in [0.1, 0.15) is 0 Å². The number of rotatable bonds is 5. The molecule has 0 saturated carbocycles. The van der Waals surface area contributed by atoms with Crippen LogP contribution in [0.2, 0.25) is 0 Å². The van der Waals surface area contributed by atoms with E-state index < -0.39 is 0 Å². The Morgan fingerprint density at radius 2 is 2.00 bits per heavy atom. The molecule has 1 unspecified atom stereocenters. The number of likely N-dealkylation sites (N-methyl/N-ethyl adjacent to an activating group) is 1. The van der Waals surface area contributed by atoms with Crippen LogP contribution in [0.15, 0.2) is 28.2 Å². The van der Waals surface area contributed by atoms with E-state index in [4.69, 9.17) is 0 Å². The Bertz CT molecular complexity index is 514. The average molecular weight is 339 g/mol. The predicted molar refractivity (Wildman–Crippen MR) is 85.9 cm³/mol. The van der Waals surface area contributed by atoms with Crippen molar-refractivity contribution in [3.05, 3.63) is 49.9 Å². The van der Waals surface area contributed by atoms with Crippen LogP contribution < -0.4 is 5.32 Å². The van der Waals surface area contributed by atoms with E-state index in [1.54, 1.807) is 11.3 Å². The molecule has 2 nitrogen and oxygen atoms in total. The van der Waals surface area contributed by atoms with Gasteiger partial charge in [0.05, 0.1) is 5.01 Å². The highest BCUT2D eigenvalue weighted by Gasteiger charge is 2.14. The number of aryl methyl sites for hydroxylation is 2. The van der Waals surface area contributed by atoms with Crippen molar-refractivity contribution in [1.29, 1.82) is 0 Å². The molecule has 0 amide bonds. The summed E-state index contributed by atoms with van der Waals surface area (Å²) in [7, 11) is 0. The van der Waals surface area contributed by atoms with E-state index in [0.717, 1.165) is 13.0 Å². The molecule has 0 aliphatic carbocycles. The maximum absolute atomic E-state index is 4.40. The van der Waals surface area contributed by atoms with Crippen molar-refractivity contribution in [3.8, 4) is 0 Å². The minimum atomic E-state index is 0.335. The molecule has 1 heterocycles. The topological polar surface area (TPSA) is 24.9 Å². The van der Waals surface area contributed by atoms with Crippen LogP contribution in [0.3, 0.4) is 0 Å². The summed E-state index contributed by atoms with van der Waals surface area (Å²) in [5.74, 6) is 0. The maximum atomic E-state index is 4.40. The van der Waals surface area contributed by atoms with Gasteiger partial charge in [-0.2, -0.15) is 0 Å². The maximum Gasteiger partial charge on any atom is 0.0943 e. The van der Waals surface area contributed by atoms with Gasteiger partial charge in [-0.25, -0.2) is 4.98 Å². The number of thiazole rings is 1. The van der Waals surface area contributed by atoms with Crippen LogP contribution in [0, 0.1) is 13.8 Å². The fourth-order valence-corrected chi connectivity index (χ4v) is 3.16. The van der Waals surface area contributed by atoms with Crippen LogP contribution in [-0.4, -0.2) is 11.5 Å². The van der Waals surface area contributed by atoms with Crippen LogP contribution in [0.1, 0.15) is 34.7 Å². The summed E-state index contributed by atoms with van der Waals surface area (Å²) < 4.78 is 1.21. The molecule has 0 radical (unpaired) electrons. The molecule has 19 heavy (non-hydrogen) atoms. The minimum Gasteiger partial charge on any atom is -0.310 e. The summed E-state index contributed by atoms with van der Waals surface area (Å²) in [4.78, 5) is 4.40. The zero-order chi connectivity index (χ0) is 13.8. The van der Waals surface area contributed by atoms with Gasteiger partial charge < -0.3 is 5.32 Å². The predicted octanol–water partition coefficient (Wildman–Crippen LogP) is 4.42. The first-order valence-corrected chi connectivity index (χ1v) is 8.17. The smallest absolute Gasteiger partial charge is 0.0943 e. The molecular formula is C15H19BrN2S. The van der Waals surface area contributed by atoms with Crippen molar-refractivity contribution in [3.63, 3.8) is 0 Å². The molecular weight excluding hydrogens is 320 g/mol. The summed E-state index contributed by atoms with van der Waals surface area (Å²) in [5, 5.41) is 6.78. The van der Waals surface area contributed by atoms with Gasteiger partial charge >= 0.3 is 0 Å². The monoisotopic (exact) mass is 338 g/mol. The van der Waals surface area contributed by atoms with E-state index in [0.29, 0.717) is 6.04 Å². The molecule has 0 fully saturated rings. The lowest BCUT2D eigenvalue weighted by Gasteiger charge is -2.19. The van der Waals surface area contributed by atoms with Gasteiger partial charge in [-0.1, -0.05) is 35.0 Å². The highest BCUT2D eigenvalue weighted by molar-refractivity contribution is 9.10. The summed E-state index contributed by atoms with van der Waals surface area (Å²) in [6.45, 7) is 7.40. The molecule has 0 spiro atoms. The Balaban J connectivity index is 2.28. The van der Waals surface area contributed by atoms with E-state index in [1.165, 1.54) is 26.2 Å². The molecule has 102 valence electrons. The lowest BCUT2D eigenvalue weighted by atomic mass is 9.99. The van der Waals surface area contributed by atoms with Crippen LogP contribution in [-0.2, 0) is 6.42 Å². The summed E-state index contributed by atoms with van der Waals surface area (Å²) in [6.07, 6.45) is 2.83. The number of aromatic nitrogens is 1. The Kier molecular flexibility index (Phi) is 5.13. The number of halogens is 1. The Hall–Kier alpha value is -0.710. The van der Waals surface area contributed by atoms with E-state index >= 15 is 0 Å². The second-order valence-corrected chi connectivity index (χ2v) is 6.48. The second-order valence-electron chi connectivity index (χ2n) is 4.71. The number of benzene rings is 1. The first-order valence-electron chi connectivity index (χ1n) is 6.50. The molecule has 0 bridgehead atoms. The highest BCUT2D eigenvalue weighted by atomic mass is 79.9.